The van der Waals surface area contributed by atoms with Gasteiger partial charge in [0.15, 0.2) is 0 Å². The summed E-state index contributed by atoms with van der Waals surface area (Å²) in [5, 5.41) is 0. The molecule has 0 aliphatic carbocycles. The monoisotopic (exact) mass is 338 g/mol. The molecule has 0 aromatic rings. The van der Waals surface area contributed by atoms with E-state index in [2.05, 4.69) is 12.2 Å². The summed E-state index contributed by atoms with van der Waals surface area (Å²) >= 11 is 0. The van der Waals surface area contributed by atoms with E-state index in [1.807, 2.05) is 41.5 Å². The van der Waals surface area contributed by atoms with Gasteiger partial charge in [-0.1, -0.05) is 12.2 Å². The van der Waals surface area contributed by atoms with Crippen LogP contribution in [0.5, 0.6) is 0 Å². The lowest BCUT2D eigenvalue weighted by Crippen LogP contribution is -2.62. The molecule has 0 saturated carbocycles. The number of nitrogens with zero attached hydrogens (tertiary/aromatic N) is 2. The molecular weight excluding hydrogens is 308 g/mol. The summed E-state index contributed by atoms with van der Waals surface area (Å²) in [7, 11) is 0. The Morgan fingerprint density at radius 3 is 1.42 bits per heavy atom. The van der Waals surface area contributed by atoms with Gasteiger partial charge >= 0.3 is 12.2 Å². The van der Waals surface area contributed by atoms with Gasteiger partial charge in [-0.25, -0.2) is 9.59 Å². The first kappa shape index (κ1) is 18.6. The van der Waals surface area contributed by atoms with Crippen LogP contribution in [-0.2, 0) is 9.47 Å². The Hall–Kier alpha value is -1.72. The Balaban J connectivity index is 2.14. The van der Waals surface area contributed by atoms with Crippen molar-refractivity contribution in [2.45, 2.75) is 77.7 Å². The summed E-state index contributed by atoms with van der Waals surface area (Å²) in [6.45, 7) is 12.1. The van der Waals surface area contributed by atoms with Gasteiger partial charge in [-0.2, -0.15) is 0 Å². The number of rotatable bonds is 0. The SMILES string of the molecule is CC(C)(C)OC(=O)N1C[C@H]2CC=CC[C@@H]1CN2C(=O)OC(C)(C)C. The average Bonchev–Trinajstić information content (AvgIpc) is 2.33. The fraction of sp³-hybridized carbons (Fsp3) is 0.778. The topological polar surface area (TPSA) is 59.1 Å². The summed E-state index contributed by atoms with van der Waals surface area (Å²) in [6.07, 6.45) is 4.98. The molecule has 1 fully saturated rings. The van der Waals surface area contributed by atoms with Gasteiger partial charge in [-0.05, 0) is 54.4 Å². The number of ether oxygens (including phenoxy) is 2. The zero-order valence-corrected chi connectivity index (χ0v) is 15.7. The molecule has 0 N–H and O–H groups in total. The summed E-state index contributed by atoms with van der Waals surface area (Å²) in [4.78, 5) is 28.6. The molecule has 0 aromatic heterocycles. The van der Waals surface area contributed by atoms with Crippen LogP contribution in [0.3, 0.4) is 0 Å². The van der Waals surface area contributed by atoms with Crippen molar-refractivity contribution < 1.29 is 19.1 Å². The van der Waals surface area contributed by atoms with E-state index in [0.29, 0.717) is 25.9 Å². The van der Waals surface area contributed by atoms with E-state index in [1.54, 1.807) is 9.80 Å². The molecule has 6 heteroatoms. The van der Waals surface area contributed by atoms with Gasteiger partial charge in [0.25, 0.3) is 0 Å². The van der Waals surface area contributed by atoms with Crippen LogP contribution in [0.25, 0.3) is 0 Å². The number of amides is 2. The molecule has 6 nitrogen and oxygen atoms in total. The molecule has 2 atom stereocenters. The standard InChI is InChI=1S/C18H30N2O4/c1-17(2,3)23-15(21)19-11-14-10-8-7-9-13(19)12-20(14)16(22)24-18(4,5)6/h7-8,13-14H,9-12H2,1-6H3/t13-,14-/m1/s1. The summed E-state index contributed by atoms with van der Waals surface area (Å²) in [5.41, 5.74) is -1.06. The second kappa shape index (κ2) is 6.65. The molecule has 1 saturated heterocycles. The second-order valence-corrected chi connectivity index (χ2v) is 8.52. The third-order valence-electron chi connectivity index (χ3n) is 3.94. The third kappa shape index (κ3) is 4.89. The van der Waals surface area contributed by atoms with Gasteiger partial charge in [0.05, 0.1) is 12.1 Å². The first-order valence-corrected chi connectivity index (χ1v) is 8.60. The lowest BCUT2D eigenvalue weighted by molar-refractivity contribution is -0.0306. The smallest absolute Gasteiger partial charge is 0.410 e. The van der Waals surface area contributed by atoms with Gasteiger partial charge < -0.3 is 19.3 Å². The van der Waals surface area contributed by atoms with E-state index in [-0.39, 0.29) is 24.3 Å². The van der Waals surface area contributed by atoms with Gasteiger partial charge in [0.1, 0.15) is 11.2 Å². The van der Waals surface area contributed by atoms with E-state index in [9.17, 15) is 9.59 Å². The van der Waals surface area contributed by atoms with Crippen LogP contribution in [0, 0.1) is 0 Å². The highest BCUT2D eigenvalue weighted by molar-refractivity contribution is 5.72. The molecular formula is C18H30N2O4. The molecule has 3 heterocycles. The Morgan fingerprint density at radius 2 is 1.12 bits per heavy atom. The highest BCUT2D eigenvalue weighted by Gasteiger charge is 2.41. The van der Waals surface area contributed by atoms with Crippen LogP contribution < -0.4 is 0 Å². The van der Waals surface area contributed by atoms with Crippen molar-refractivity contribution in [3.63, 3.8) is 0 Å². The molecule has 2 bridgehead atoms. The first-order chi connectivity index (χ1) is 11.0. The summed E-state index contributed by atoms with van der Waals surface area (Å²) in [5.74, 6) is 0. The maximum Gasteiger partial charge on any atom is 0.410 e. The van der Waals surface area contributed by atoms with E-state index in [1.165, 1.54) is 0 Å². The van der Waals surface area contributed by atoms with Crippen LogP contribution in [0.1, 0.15) is 54.4 Å². The Labute approximate surface area is 144 Å². The molecule has 0 unspecified atom stereocenters. The minimum absolute atomic E-state index is 0.0832. The fourth-order valence-corrected chi connectivity index (χ4v) is 2.95. The van der Waals surface area contributed by atoms with Crippen LogP contribution in [0.15, 0.2) is 12.2 Å². The maximum atomic E-state index is 12.5. The number of fused-ring (bicyclic) bond motifs is 4. The molecule has 136 valence electrons. The minimum atomic E-state index is -0.528. The van der Waals surface area contributed by atoms with Crippen LogP contribution in [-0.4, -0.2) is 58.4 Å². The minimum Gasteiger partial charge on any atom is -0.444 e. The molecule has 3 rings (SSSR count). The van der Waals surface area contributed by atoms with Crippen LogP contribution in [0.4, 0.5) is 9.59 Å². The van der Waals surface area contributed by atoms with Gasteiger partial charge in [0.2, 0.25) is 0 Å². The van der Waals surface area contributed by atoms with Gasteiger partial charge in [-0.15, -0.1) is 0 Å². The maximum absolute atomic E-state index is 12.5. The molecule has 3 aliphatic heterocycles. The predicted octanol–water partition coefficient (Wildman–Crippen LogP) is 3.56. The lowest BCUT2D eigenvalue weighted by Gasteiger charge is -2.46. The number of carbonyl (C=O) groups is 2. The Bertz CT molecular complexity index is 470. The Morgan fingerprint density at radius 1 is 0.792 bits per heavy atom. The van der Waals surface area contributed by atoms with Crippen molar-refractivity contribution in [1.29, 1.82) is 0 Å². The average molecular weight is 338 g/mol. The predicted molar refractivity (Wildman–Crippen MR) is 91.8 cm³/mol. The lowest BCUT2D eigenvalue weighted by atomic mass is 9.98. The molecule has 0 spiro atoms. The summed E-state index contributed by atoms with van der Waals surface area (Å²) < 4.78 is 11.1. The number of piperazine rings is 1. The van der Waals surface area contributed by atoms with Crippen molar-refractivity contribution in [1.82, 2.24) is 9.80 Å². The molecule has 2 amide bonds. The third-order valence-corrected chi connectivity index (χ3v) is 3.94. The molecule has 0 radical (unpaired) electrons. The van der Waals surface area contributed by atoms with Crippen LogP contribution in [0.2, 0.25) is 0 Å². The quantitative estimate of drug-likeness (QED) is 0.634. The number of hydrogen-bond donors (Lipinski definition) is 0. The van der Waals surface area contributed by atoms with E-state index >= 15 is 0 Å². The van der Waals surface area contributed by atoms with Crippen molar-refractivity contribution >= 4 is 12.2 Å². The van der Waals surface area contributed by atoms with Gasteiger partial charge in [-0.3, -0.25) is 0 Å². The Kier molecular flexibility index (Phi) is 5.16. The largest absolute Gasteiger partial charge is 0.444 e. The highest BCUT2D eigenvalue weighted by atomic mass is 16.6. The number of hydrogen-bond acceptors (Lipinski definition) is 4. The van der Waals surface area contributed by atoms with E-state index in [4.69, 9.17) is 9.47 Å². The van der Waals surface area contributed by atoms with Gasteiger partial charge in [0, 0.05) is 13.1 Å². The zero-order valence-electron chi connectivity index (χ0n) is 15.7. The van der Waals surface area contributed by atoms with Crippen molar-refractivity contribution in [3.05, 3.63) is 12.2 Å². The second-order valence-electron chi connectivity index (χ2n) is 8.52. The first-order valence-electron chi connectivity index (χ1n) is 8.60. The number of carbonyl (C=O) groups excluding carboxylic acids is 2. The summed E-state index contributed by atoms with van der Waals surface area (Å²) in [6, 6.07) is -0.166. The molecule has 3 aliphatic rings. The molecule has 0 aromatic carbocycles. The normalized spacial score (nSPS) is 24.4. The molecule has 24 heavy (non-hydrogen) atoms. The highest BCUT2D eigenvalue weighted by Crippen LogP contribution is 2.27. The van der Waals surface area contributed by atoms with Crippen molar-refractivity contribution in [2.75, 3.05) is 13.1 Å². The van der Waals surface area contributed by atoms with Crippen LogP contribution >= 0.6 is 0 Å². The van der Waals surface area contributed by atoms with E-state index < -0.39 is 11.2 Å². The van der Waals surface area contributed by atoms with E-state index in [0.717, 1.165) is 0 Å². The van der Waals surface area contributed by atoms with Crippen molar-refractivity contribution in [2.24, 2.45) is 0 Å². The zero-order chi connectivity index (χ0) is 18.1. The fourth-order valence-electron chi connectivity index (χ4n) is 2.95. The van der Waals surface area contributed by atoms with Crippen molar-refractivity contribution in [3.8, 4) is 0 Å².